The van der Waals surface area contributed by atoms with E-state index in [0.29, 0.717) is 12.0 Å². The van der Waals surface area contributed by atoms with Gasteiger partial charge in [0, 0.05) is 38.6 Å². The Hall–Kier alpha value is -1.75. The minimum Gasteiger partial charge on any atom is -0.497 e. The molecule has 0 amide bonds. The van der Waals surface area contributed by atoms with Crippen molar-refractivity contribution in [2.75, 3.05) is 47.4 Å². The van der Waals surface area contributed by atoms with Gasteiger partial charge >= 0.3 is 0 Å². The van der Waals surface area contributed by atoms with Gasteiger partial charge in [-0.1, -0.05) is 12.1 Å². The fraction of sp³-hybridized carbons (Fsp3) is 0.667. The number of likely N-dealkylation sites (tertiary alicyclic amines) is 1. The highest BCUT2D eigenvalue weighted by Gasteiger charge is 2.25. The number of guanidine groups is 1. The van der Waals surface area contributed by atoms with Crippen LogP contribution in [0.4, 0.5) is 0 Å². The molecule has 2 rings (SSSR count). The average molecular weight is 361 g/mol. The summed E-state index contributed by atoms with van der Waals surface area (Å²) in [4.78, 5) is 9.27. The molecule has 1 atom stereocenters. The molecule has 0 bridgehead atoms. The van der Waals surface area contributed by atoms with Gasteiger partial charge in [-0.3, -0.25) is 4.99 Å². The van der Waals surface area contributed by atoms with Gasteiger partial charge in [0.2, 0.25) is 0 Å². The molecule has 146 valence electrons. The summed E-state index contributed by atoms with van der Waals surface area (Å²) in [5.74, 6) is 2.53. The fourth-order valence-electron chi connectivity index (χ4n) is 3.38. The zero-order chi connectivity index (χ0) is 18.9. The van der Waals surface area contributed by atoms with Gasteiger partial charge < -0.3 is 19.9 Å². The molecule has 1 aliphatic rings. The summed E-state index contributed by atoms with van der Waals surface area (Å²) in [6, 6.07) is 9.11. The molecule has 1 heterocycles. The van der Waals surface area contributed by atoms with E-state index in [4.69, 9.17) is 4.74 Å². The molecule has 5 nitrogen and oxygen atoms in total. The molecular weight excluding hydrogens is 324 g/mol. The maximum Gasteiger partial charge on any atom is 0.193 e. The summed E-state index contributed by atoms with van der Waals surface area (Å²) >= 11 is 0. The van der Waals surface area contributed by atoms with Gasteiger partial charge in [0.05, 0.1) is 7.11 Å². The molecule has 26 heavy (non-hydrogen) atoms. The highest BCUT2D eigenvalue weighted by Crippen LogP contribution is 2.28. The lowest BCUT2D eigenvalue weighted by Gasteiger charge is -2.23. The van der Waals surface area contributed by atoms with E-state index in [1.54, 1.807) is 7.11 Å². The monoisotopic (exact) mass is 360 g/mol. The molecule has 1 aliphatic heterocycles. The van der Waals surface area contributed by atoms with Crippen molar-refractivity contribution in [1.29, 1.82) is 0 Å². The quantitative estimate of drug-likeness (QED) is 0.439. The number of rotatable bonds is 8. The second-order valence-electron chi connectivity index (χ2n) is 7.46. The average Bonchev–Trinajstić information content (AvgIpc) is 3.14. The SMILES string of the molecule is CN=C(NCCCCN(C)C(C)C)N1CCC(c2ccc(OC)cc2)C1. The van der Waals surface area contributed by atoms with Crippen LogP contribution in [0.2, 0.25) is 0 Å². The van der Waals surface area contributed by atoms with Crippen LogP contribution in [-0.2, 0) is 0 Å². The summed E-state index contributed by atoms with van der Waals surface area (Å²) in [7, 11) is 5.79. The summed E-state index contributed by atoms with van der Waals surface area (Å²) in [5, 5.41) is 3.54. The Morgan fingerprint density at radius 3 is 2.65 bits per heavy atom. The van der Waals surface area contributed by atoms with Crippen LogP contribution in [0.25, 0.3) is 0 Å². The third-order valence-corrected chi connectivity index (χ3v) is 5.39. The zero-order valence-electron chi connectivity index (χ0n) is 17.2. The minimum absolute atomic E-state index is 0.569. The first-order valence-electron chi connectivity index (χ1n) is 9.85. The van der Waals surface area contributed by atoms with Gasteiger partial charge in [-0.2, -0.15) is 0 Å². The largest absolute Gasteiger partial charge is 0.497 e. The van der Waals surface area contributed by atoms with Crippen LogP contribution < -0.4 is 10.1 Å². The van der Waals surface area contributed by atoms with Crippen molar-refractivity contribution in [2.24, 2.45) is 4.99 Å². The molecule has 1 N–H and O–H groups in total. The molecule has 0 radical (unpaired) electrons. The van der Waals surface area contributed by atoms with E-state index in [1.165, 1.54) is 24.8 Å². The number of hydrogen-bond acceptors (Lipinski definition) is 3. The van der Waals surface area contributed by atoms with Gasteiger partial charge in [-0.05, 0) is 64.4 Å². The third kappa shape index (κ3) is 5.90. The molecule has 0 aliphatic carbocycles. The van der Waals surface area contributed by atoms with E-state index in [0.717, 1.165) is 37.9 Å². The lowest BCUT2D eigenvalue weighted by Crippen LogP contribution is -2.40. The van der Waals surface area contributed by atoms with Crippen LogP contribution in [0, 0.1) is 0 Å². The number of unbranched alkanes of at least 4 members (excludes halogenated alkanes) is 1. The van der Waals surface area contributed by atoms with E-state index < -0.39 is 0 Å². The predicted molar refractivity (Wildman–Crippen MR) is 110 cm³/mol. The van der Waals surface area contributed by atoms with Crippen LogP contribution in [0.3, 0.4) is 0 Å². The van der Waals surface area contributed by atoms with Gasteiger partial charge in [0.15, 0.2) is 5.96 Å². The van der Waals surface area contributed by atoms with Crippen molar-refractivity contribution in [3.63, 3.8) is 0 Å². The van der Waals surface area contributed by atoms with Crippen molar-refractivity contribution in [2.45, 2.75) is 45.1 Å². The summed E-state index contributed by atoms with van der Waals surface area (Å²) in [6.45, 7) is 8.72. The molecule has 1 saturated heterocycles. The van der Waals surface area contributed by atoms with E-state index in [9.17, 15) is 0 Å². The number of benzene rings is 1. The van der Waals surface area contributed by atoms with E-state index >= 15 is 0 Å². The van der Waals surface area contributed by atoms with Crippen molar-refractivity contribution in [3.8, 4) is 5.75 Å². The molecule has 1 aromatic rings. The number of aliphatic imine (C=N–C) groups is 1. The minimum atomic E-state index is 0.569. The highest BCUT2D eigenvalue weighted by molar-refractivity contribution is 5.80. The molecule has 0 aromatic heterocycles. The normalized spacial score (nSPS) is 18.0. The Morgan fingerprint density at radius 1 is 1.31 bits per heavy atom. The van der Waals surface area contributed by atoms with Crippen LogP contribution in [0.5, 0.6) is 5.75 Å². The second-order valence-corrected chi connectivity index (χ2v) is 7.46. The first kappa shape index (κ1) is 20.6. The molecule has 5 heteroatoms. The Labute approximate surface area is 159 Å². The Bertz CT molecular complexity index is 556. The zero-order valence-corrected chi connectivity index (χ0v) is 17.2. The lowest BCUT2D eigenvalue weighted by atomic mass is 9.98. The molecule has 0 spiro atoms. The van der Waals surface area contributed by atoms with Crippen molar-refractivity contribution in [1.82, 2.24) is 15.1 Å². The molecule has 0 saturated carbocycles. The van der Waals surface area contributed by atoms with E-state index in [2.05, 4.69) is 65.3 Å². The number of hydrogen-bond donors (Lipinski definition) is 1. The molecule has 1 aromatic carbocycles. The van der Waals surface area contributed by atoms with Crippen molar-refractivity contribution in [3.05, 3.63) is 29.8 Å². The van der Waals surface area contributed by atoms with Crippen molar-refractivity contribution < 1.29 is 4.74 Å². The first-order valence-corrected chi connectivity index (χ1v) is 9.85. The third-order valence-electron chi connectivity index (χ3n) is 5.39. The van der Waals surface area contributed by atoms with Crippen LogP contribution in [-0.4, -0.2) is 69.2 Å². The highest BCUT2D eigenvalue weighted by atomic mass is 16.5. The topological polar surface area (TPSA) is 40.1 Å². The predicted octanol–water partition coefficient (Wildman–Crippen LogP) is 3.18. The maximum absolute atomic E-state index is 5.26. The van der Waals surface area contributed by atoms with Crippen molar-refractivity contribution >= 4 is 5.96 Å². The first-order chi connectivity index (χ1) is 12.5. The molecular formula is C21H36N4O. The van der Waals surface area contributed by atoms with Gasteiger partial charge in [-0.25, -0.2) is 0 Å². The number of methoxy groups -OCH3 is 1. The number of ether oxygens (including phenoxy) is 1. The Morgan fingerprint density at radius 2 is 2.04 bits per heavy atom. The van der Waals surface area contributed by atoms with Gasteiger partial charge in [0.1, 0.15) is 5.75 Å². The standard InChI is InChI=1S/C21H36N4O/c1-17(2)24(4)14-7-6-13-23-21(22-3)25-15-12-19(16-25)18-8-10-20(26-5)11-9-18/h8-11,17,19H,6-7,12-16H2,1-5H3,(H,22,23). The van der Waals surface area contributed by atoms with Crippen LogP contribution in [0.15, 0.2) is 29.3 Å². The van der Waals surface area contributed by atoms with E-state index in [-0.39, 0.29) is 0 Å². The smallest absolute Gasteiger partial charge is 0.193 e. The number of nitrogens with zero attached hydrogens (tertiary/aromatic N) is 3. The summed E-state index contributed by atoms with van der Waals surface area (Å²) in [6.07, 6.45) is 3.56. The van der Waals surface area contributed by atoms with Gasteiger partial charge in [0.25, 0.3) is 0 Å². The number of nitrogens with one attached hydrogen (secondary N) is 1. The van der Waals surface area contributed by atoms with Gasteiger partial charge in [-0.15, -0.1) is 0 Å². The second kappa shape index (κ2) is 10.4. The Kier molecular flexibility index (Phi) is 8.23. The Balaban J connectivity index is 1.75. The van der Waals surface area contributed by atoms with E-state index in [1.807, 2.05) is 7.05 Å². The maximum atomic E-state index is 5.26. The molecule has 1 unspecified atom stereocenters. The molecule has 1 fully saturated rings. The summed E-state index contributed by atoms with van der Waals surface area (Å²) in [5.41, 5.74) is 1.39. The summed E-state index contributed by atoms with van der Waals surface area (Å²) < 4.78 is 5.26. The van der Waals surface area contributed by atoms with Crippen LogP contribution in [0.1, 0.15) is 44.6 Å². The lowest BCUT2D eigenvalue weighted by molar-refractivity contribution is 0.268. The van der Waals surface area contributed by atoms with Crippen LogP contribution >= 0.6 is 0 Å². The fourth-order valence-corrected chi connectivity index (χ4v) is 3.38.